The van der Waals surface area contributed by atoms with E-state index in [1.807, 2.05) is 49.4 Å². The molecular weight excluding hydrogens is 434 g/mol. The molecule has 0 fully saturated rings. The van der Waals surface area contributed by atoms with Gasteiger partial charge in [0.15, 0.2) is 0 Å². The second-order valence-corrected chi connectivity index (χ2v) is 8.88. The van der Waals surface area contributed by atoms with Gasteiger partial charge in [0.2, 0.25) is 0 Å². The van der Waals surface area contributed by atoms with Crippen molar-refractivity contribution in [3.05, 3.63) is 64.4 Å². The first-order chi connectivity index (χ1) is 14.4. The Morgan fingerprint density at radius 2 is 2.23 bits per heavy atom. The predicted octanol–water partition coefficient (Wildman–Crippen LogP) is 4.35. The fraction of sp³-hybridized carbons (Fsp3) is 0.348. The average molecular weight is 463 g/mol. The van der Waals surface area contributed by atoms with Gasteiger partial charge in [-0.05, 0) is 48.0 Å². The van der Waals surface area contributed by atoms with Gasteiger partial charge in [0.1, 0.15) is 6.10 Å². The number of hydrogen-bond acceptors (Lipinski definition) is 4. The second kappa shape index (κ2) is 12.3. The van der Waals surface area contributed by atoms with Crippen molar-refractivity contribution >= 4 is 41.4 Å². The summed E-state index contributed by atoms with van der Waals surface area (Å²) in [5.41, 5.74) is 9.12. The highest BCUT2D eigenvalue weighted by molar-refractivity contribution is 7.28. The van der Waals surface area contributed by atoms with E-state index in [4.69, 9.17) is 22.8 Å². The van der Waals surface area contributed by atoms with Crippen molar-refractivity contribution in [3.8, 4) is 12.3 Å². The highest BCUT2D eigenvalue weighted by Gasteiger charge is 2.25. The van der Waals surface area contributed by atoms with Gasteiger partial charge in [-0.25, -0.2) is 5.43 Å². The van der Waals surface area contributed by atoms with Crippen molar-refractivity contribution in [2.75, 3.05) is 0 Å². The molecule has 5 atom stereocenters. The van der Waals surface area contributed by atoms with Crippen LogP contribution in [-0.2, 0) is 9.53 Å². The molecule has 0 amide bonds. The van der Waals surface area contributed by atoms with Gasteiger partial charge in [0.25, 0.3) is 0 Å². The van der Waals surface area contributed by atoms with Crippen LogP contribution in [0.25, 0.3) is 0 Å². The molecule has 2 N–H and O–H groups in total. The van der Waals surface area contributed by atoms with Gasteiger partial charge < -0.3 is 10.2 Å². The zero-order valence-corrected chi connectivity index (χ0v) is 20.4. The summed E-state index contributed by atoms with van der Waals surface area (Å²) < 4.78 is 5.88. The van der Waals surface area contributed by atoms with Crippen LogP contribution in [0.2, 0.25) is 5.02 Å². The molecule has 0 saturated carbocycles. The smallest absolute Gasteiger partial charge is 0.312 e. The third-order valence-electron chi connectivity index (χ3n) is 4.73. The summed E-state index contributed by atoms with van der Waals surface area (Å²) in [6.45, 7) is 4.02. The maximum absolute atomic E-state index is 12.7. The van der Waals surface area contributed by atoms with Crippen molar-refractivity contribution in [2.24, 2.45) is 0 Å². The molecule has 1 aliphatic rings. The molecule has 1 heterocycles. The molecule has 5 unspecified atom stereocenters. The molecule has 0 radical (unpaired) electrons. The van der Waals surface area contributed by atoms with E-state index in [-0.39, 0.29) is 30.2 Å². The number of hydrogen-bond donors (Lipinski definition) is 2. The van der Waals surface area contributed by atoms with Crippen molar-refractivity contribution in [3.63, 3.8) is 0 Å². The number of halogens is 1. The molecule has 30 heavy (non-hydrogen) atoms. The minimum Gasteiger partial charge on any atom is -0.457 e. The summed E-state index contributed by atoms with van der Waals surface area (Å²) in [6, 6.07) is 5.63. The molecule has 1 aromatic carbocycles. The van der Waals surface area contributed by atoms with Crippen LogP contribution in [0.5, 0.6) is 0 Å². The SMILES string of the molecule is C#CC/C=C(\C=C/C)C1C=C(CC(=O)OC(c2ccc(Cl)c(P)c2)C(P)CC)NN1. The van der Waals surface area contributed by atoms with Crippen LogP contribution in [-0.4, -0.2) is 17.7 Å². The lowest BCUT2D eigenvalue weighted by Crippen LogP contribution is -2.33. The van der Waals surface area contributed by atoms with E-state index in [0.29, 0.717) is 11.4 Å². The van der Waals surface area contributed by atoms with Gasteiger partial charge in [-0.2, -0.15) is 0 Å². The number of nitrogens with one attached hydrogen (secondary N) is 2. The average Bonchev–Trinajstić information content (AvgIpc) is 3.19. The minimum atomic E-state index is -0.357. The van der Waals surface area contributed by atoms with Crippen LogP contribution in [0.3, 0.4) is 0 Å². The van der Waals surface area contributed by atoms with Crippen LogP contribution < -0.4 is 16.2 Å². The lowest BCUT2D eigenvalue weighted by Gasteiger charge is -2.24. The molecular formula is C23H29ClN2O2P2. The zero-order valence-electron chi connectivity index (χ0n) is 17.3. The lowest BCUT2D eigenvalue weighted by atomic mass is 10.0. The van der Waals surface area contributed by atoms with E-state index >= 15 is 0 Å². The molecule has 0 aliphatic carbocycles. The van der Waals surface area contributed by atoms with Crippen LogP contribution in [0, 0.1) is 12.3 Å². The van der Waals surface area contributed by atoms with Crippen molar-refractivity contribution in [1.29, 1.82) is 0 Å². The first kappa shape index (κ1) is 24.6. The molecule has 1 aliphatic heterocycles. The quantitative estimate of drug-likeness (QED) is 0.248. The zero-order chi connectivity index (χ0) is 22.1. The Balaban J connectivity index is 2.10. The van der Waals surface area contributed by atoms with Gasteiger partial charge in [0, 0.05) is 22.8 Å². The Bertz CT molecular complexity index is 890. The molecule has 0 saturated heterocycles. The molecule has 2 rings (SSSR count). The molecule has 0 aromatic heterocycles. The monoisotopic (exact) mass is 462 g/mol. The Morgan fingerprint density at radius 1 is 1.47 bits per heavy atom. The predicted molar refractivity (Wildman–Crippen MR) is 133 cm³/mol. The molecule has 7 heteroatoms. The largest absolute Gasteiger partial charge is 0.457 e. The Labute approximate surface area is 189 Å². The standard InChI is InChI=1S/C23H29ClN2O2P2/c1-4-7-9-15(8-5-2)19-13-17(25-26-19)14-22(27)28-23(20(29)6-3)16-10-11-18(24)21(30)12-16/h1,5,8-13,19-20,23,25-26H,6-7,14,29-30H2,2-3H3/b8-5-,15-9+. The summed E-state index contributed by atoms with van der Waals surface area (Å²) in [5.74, 6) is 2.33. The normalized spacial score (nSPS) is 18.5. The number of benzene rings is 1. The highest BCUT2D eigenvalue weighted by atomic mass is 35.5. The van der Waals surface area contributed by atoms with E-state index in [9.17, 15) is 4.79 Å². The maximum atomic E-state index is 12.7. The Morgan fingerprint density at radius 3 is 2.87 bits per heavy atom. The number of carbonyl (C=O) groups is 1. The van der Waals surface area contributed by atoms with Crippen LogP contribution in [0.15, 0.2) is 53.8 Å². The van der Waals surface area contributed by atoms with E-state index < -0.39 is 0 Å². The van der Waals surface area contributed by atoms with Gasteiger partial charge in [-0.1, -0.05) is 42.8 Å². The van der Waals surface area contributed by atoms with Crippen molar-refractivity contribution < 1.29 is 9.53 Å². The van der Waals surface area contributed by atoms with Gasteiger partial charge in [-0.3, -0.25) is 4.79 Å². The van der Waals surface area contributed by atoms with E-state index in [2.05, 4.69) is 42.2 Å². The summed E-state index contributed by atoms with van der Waals surface area (Å²) in [6.07, 6.45) is 14.5. The Kier molecular flexibility index (Phi) is 10.1. The van der Waals surface area contributed by atoms with Gasteiger partial charge >= 0.3 is 5.97 Å². The van der Waals surface area contributed by atoms with Crippen molar-refractivity contribution in [1.82, 2.24) is 10.9 Å². The maximum Gasteiger partial charge on any atom is 0.312 e. The molecule has 4 nitrogen and oxygen atoms in total. The molecule has 1 aromatic rings. The summed E-state index contributed by atoms with van der Waals surface area (Å²) >= 11 is 6.13. The van der Waals surface area contributed by atoms with E-state index in [0.717, 1.165) is 28.6 Å². The van der Waals surface area contributed by atoms with Gasteiger partial charge in [-0.15, -0.1) is 30.8 Å². The number of esters is 1. The van der Waals surface area contributed by atoms with E-state index in [1.165, 1.54) is 0 Å². The van der Waals surface area contributed by atoms with E-state index in [1.54, 1.807) is 0 Å². The molecule has 160 valence electrons. The fourth-order valence-electron chi connectivity index (χ4n) is 3.10. The number of allylic oxidation sites excluding steroid dienone is 2. The highest BCUT2D eigenvalue weighted by Crippen LogP contribution is 2.30. The number of rotatable bonds is 9. The van der Waals surface area contributed by atoms with Crippen LogP contribution in [0.1, 0.15) is 44.8 Å². The van der Waals surface area contributed by atoms with Gasteiger partial charge in [0.05, 0.1) is 12.5 Å². The topological polar surface area (TPSA) is 50.4 Å². The number of ether oxygens (including phenoxy) is 1. The number of terminal acetylenes is 1. The molecule has 0 spiro atoms. The second-order valence-electron chi connectivity index (χ2n) is 6.99. The summed E-state index contributed by atoms with van der Waals surface area (Å²) in [4.78, 5) is 12.7. The molecule has 0 bridgehead atoms. The summed E-state index contributed by atoms with van der Waals surface area (Å²) in [5, 5.41) is 1.55. The first-order valence-electron chi connectivity index (χ1n) is 9.88. The number of carbonyl (C=O) groups excluding carboxylic acids is 1. The van der Waals surface area contributed by atoms with Crippen LogP contribution in [0.4, 0.5) is 0 Å². The first-order valence-corrected chi connectivity index (χ1v) is 11.5. The number of hydrazine groups is 1. The van der Waals surface area contributed by atoms with Crippen molar-refractivity contribution in [2.45, 2.75) is 50.9 Å². The fourth-order valence-corrected chi connectivity index (χ4v) is 3.81. The Hall–Kier alpha value is -1.62. The third kappa shape index (κ3) is 6.97. The lowest BCUT2D eigenvalue weighted by molar-refractivity contribution is -0.148. The minimum absolute atomic E-state index is 0.0470. The summed E-state index contributed by atoms with van der Waals surface area (Å²) in [7, 11) is 5.39. The van der Waals surface area contributed by atoms with Crippen LogP contribution >= 0.6 is 30.1 Å². The third-order valence-corrected chi connectivity index (χ3v) is 6.56.